The minimum Gasteiger partial charge on any atom is -0.359 e. The van der Waals surface area contributed by atoms with Gasteiger partial charge in [-0.3, -0.25) is 9.89 Å². The van der Waals surface area contributed by atoms with E-state index in [0.29, 0.717) is 22.9 Å². The summed E-state index contributed by atoms with van der Waals surface area (Å²) in [4.78, 5) is 19.3. The Bertz CT molecular complexity index is 917. The van der Waals surface area contributed by atoms with Gasteiger partial charge in [0.05, 0.1) is 30.1 Å². The molecule has 1 aromatic carbocycles. The van der Waals surface area contributed by atoms with E-state index >= 15 is 0 Å². The van der Waals surface area contributed by atoms with Crippen LogP contribution in [-0.2, 0) is 6.54 Å². The number of aromatic amines is 1. The van der Waals surface area contributed by atoms with Crippen molar-refractivity contribution in [1.29, 1.82) is 0 Å². The van der Waals surface area contributed by atoms with Crippen LogP contribution in [0.2, 0.25) is 0 Å². The molecule has 6 nitrogen and oxygen atoms in total. The first-order valence-electron chi connectivity index (χ1n) is 7.97. The molecule has 3 heterocycles. The Kier molecular flexibility index (Phi) is 4.15. The molecule has 2 aromatic heterocycles. The number of halogens is 2. The molecule has 26 heavy (non-hydrogen) atoms. The second-order valence-electron chi connectivity index (χ2n) is 5.99. The molecule has 1 fully saturated rings. The molecule has 4 rings (SSSR count). The highest BCUT2D eigenvalue weighted by Gasteiger charge is 2.44. The summed E-state index contributed by atoms with van der Waals surface area (Å²) in [6.45, 7) is -0.575. The Morgan fingerprint density at radius 3 is 2.81 bits per heavy atom. The molecular formula is C17H15F2N5OS. The lowest BCUT2D eigenvalue weighted by Gasteiger charge is -2.41. The van der Waals surface area contributed by atoms with Crippen LogP contribution in [0.15, 0.2) is 41.8 Å². The Balaban J connectivity index is 1.43. The number of anilines is 1. The summed E-state index contributed by atoms with van der Waals surface area (Å²) in [6.07, 6.45) is 0. The fraction of sp³-hybridized carbons (Fsp3) is 0.235. The topological polar surface area (TPSA) is 73.9 Å². The molecule has 3 aromatic rings. The number of nitrogens with one attached hydrogen (secondary N) is 2. The summed E-state index contributed by atoms with van der Waals surface area (Å²) in [7, 11) is 0. The smallest absolute Gasteiger partial charge is 0.282 e. The molecule has 0 atom stereocenters. The summed E-state index contributed by atoms with van der Waals surface area (Å²) in [6, 6.07) is 10.6. The van der Waals surface area contributed by atoms with Crippen molar-refractivity contribution >= 4 is 22.9 Å². The third-order valence-electron chi connectivity index (χ3n) is 4.02. The zero-order chi connectivity index (χ0) is 18.1. The minimum absolute atomic E-state index is 0.168. The standard InChI is InChI=1S/C17H15F2N5OS/c18-17(19)9-24(10-17)12-5-2-1-4-11(12)16(25)20-8-14-21-15(23-22-14)13-6-3-7-26-13/h1-7H,8-10H2,(H,20,25)(H,21,22,23). The summed E-state index contributed by atoms with van der Waals surface area (Å²) in [5.74, 6) is -1.94. The van der Waals surface area contributed by atoms with Crippen LogP contribution in [0.25, 0.3) is 10.7 Å². The first kappa shape index (κ1) is 16.6. The van der Waals surface area contributed by atoms with E-state index in [1.54, 1.807) is 24.3 Å². The SMILES string of the molecule is O=C(NCc1nc(-c2cccs2)n[nH]1)c1ccccc1N1CC(F)(F)C1. The van der Waals surface area contributed by atoms with Crippen LogP contribution in [0.4, 0.5) is 14.5 Å². The van der Waals surface area contributed by atoms with Gasteiger partial charge in [-0.25, -0.2) is 13.8 Å². The maximum atomic E-state index is 13.1. The zero-order valence-electron chi connectivity index (χ0n) is 13.6. The number of para-hydroxylation sites is 1. The number of hydrogen-bond acceptors (Lipinski definition) is 5. The summed E-state index contributed by atoms with van der Waals surface area (Å²) >= 11 is 1.53. The highest BCUT2D eigenvalue weighted by molar-refractivity contribution is 7.13. The number of nitrogens with zero attached hydrogens (tertiary/aromatic N) is 3. The monoisotopic (exact) mass is 375 g/mol. The number of benzene rings is 1. The molecule has 1 aliphatic heterocycles. The Morgan fingerprint density at radius 1 is 1.27 bits per heavy atom. The molecule has 0 bridgehead atoms. The number of alkyl halides is 2. The van der Waals surface area contributed by atoms with Crippen molar-refractivity contribution in [3.05, 3.63) is 53.2 Å². The second kappa shape index (κ2) is 6.49. The average molecular weight is 375 g/mol. The van der Waals surface area contributed by atoms with E-state index in [1.165, 1.54) is 16.2 Å². The van der Waals surface area contributed by atoms with Crippen LogP contribution < -0.4 is 10.2 Å². The minimum atomic E-state index is -2.69. The maximum Gasteiger partial charge on any atom is 0.282 e. The lowest BCUT2D eigenvalue weighted by Crippen LogP contribution is -2.56. The van der Waals surface area contributed by atoms with Gasteiger partial charge in [0.25, 0.3) is 11.8 Å². The number of rotatable bonds is 5. The van der Waals surface area contributed by atoms with Gasteiger partial charge in [-0.1, -0.05) is 18.2 Å². The molecule has 9 heteroatoms. The molecule has 0 aliphatic carbocycles. The van der Waals surface area contributed by atoms with Gasteiger partial charge in [0, 0.05) is 5.69 Å². The van der Waals surface area contributed by atoms with Gasteiger partial charge in [-0.05, 0) is 23.6 Å². The van der Waals surface area contributed by atoms with Gasteiger partial charge in [0.15, 0.2) is 5.82 Å². The van der Waals surface area contributed by atoms with Gasteiger partial charge < -0.3 is 10.2 Å². The van der Waals surface area contributed by atoms with Crippen LogP contribution >= 0.6 is 11.3 Å². The summed E-state index contributed by atoms with van der Waals surface area (Å²) in [5.41, 5.74) is 0.869. The van der Waals surface area contributed by atoms with Crippen LogP contribution in [0.3, 0.4) is 0 Å². The third-order valence-corrected chi connectivity index (χ3v) is 4.89. The van der Waals surface area contributed by atoms with Gasteiger partial charge in [0.1, 0.15) is 5.82 Å². The lowest BCUT2D eigenvalue weighted by molar-refractivity contribution is -0.0263. The normalized spacial score (nSPS) is 15.5. The summed E-state index contributed by atoms with van der Waals surface area (Å²) in [5, 5.41) is 11.6. The van der Waals surface area contributed by atoms with Crippen molar-refractivity contribution in [3.8, 4) is 10.7 Å². The van der Waals surface area contributed by atoms with Gasteiger partial charge in [-0.2, -0.15) is 5.10 Å². The van der Waals surface area contributed by atoms with E-state index in [1.807, 2.05) is 17.5 Å². The molecule has 2 N–H and O–H groups in total. The quantitative estimate of drug-likeness (QED) is 0.719. The first-order chi connectivity index (χ1) is 12.5. The van der Waals surface area contributed by atoms with Crippen LogP contribution in [0.1, 0.15) is 16.2 Å². The van der Waals surface area contributed by atoms with Crippen molar-refractivity contribution in [2.45, 2.75) is 12.5 Å². The van der Waals surface area contributed by atoms with Crippen LogP contribution in [0.5, 0.6) is 0 Å². The summed E-state index contributed by atoms with van der Waals surface area (Å²) < 4.78 is 26.3. The number of H-pyrrole nitrogens is 1. The zero-order valence-corrected chi connectivity index (χ0v) is 14.4. The second-order valence-corrected chi connectivity index (χ2v) is 6.94. The van der Waals surface area contributed by atoms with E-state index < -0.39 is 5.92 Å². The van der Waals surface area contributed by atoms with Gasteiger partial charge in [-0.15, -0.1) is 11.3 Å². The Labute approximate surface area is 151 Å². The molecule has 1 saturated heterocycles. The van der Waals surface area contributed by atoms with Crippen molar-refractivity contribution in [2.24, 2.45) is 0 Å². The molecule has 1 amide bonds. The fourth-order valence-corrected chi connectivity index (χ4v) is 3.43. The van der Waals surface area contributed by atoms with E-state index in [9.17, 15) is 13.6 Å². The van der Waals surface area contributed by atoms with Crippen LogP contribution in [-0.4, -0.2) is 40.1 Å². The third kappa shape index (κ3) is 3.30. The number of hydrogen-bond donors (Lipinski definition) is 2. The predicted octanol–water partition coefficient (Wildman–Crippen LogP) is 2.92. The largest absolute Gasteiger partial charge is 0.359 e. The molecule has 0 unspecified atom stereocenters. The number of amides is 1. The number of carbonyl (C=O) groups is 1. The Morgan fingerprint density at radius 2 is 2.08 bits per heavy atom. The van der Waals surface area contributed by atoms with Gasteiger partial charge >= 0.3 is 0 Å². The highest BCUT2D eigenvalue weighted by Crippen LogP contribution is 2.33. The van der Waals surface area contributed by atoms with Gasteiger partial charge in [0.2, 0.25) is 0 Å². The molecule has 0 saturated carbocycles. The number of aromatic nitrogens is 3. The Hall–Kier alpha value is -2.81. The number of carbonyl (C=O) groups excluding carboxylic acids is 1. The highest BCUT2D eigenvalue weighted by atomic mass is 32.1. The molecular weight excluding hydrogens is 360 g/mol. The first-order valence-corrected chi connectivity index (χ1v) is 8.85. The van der Waals surface area contributed by atoms with Crippen molar-refractivity contribution < 1.29 is 13.6 Å². The fourth-order valence-electron chi connectivity index (χ4n) is 2.77. The molecule has 0 radical (unpaired) electrons. The molecule has 134 valence electrons. The molecule has 0 spiro atoms. The van der Waals surface area contributed by atoms with E-state index in [-0.39, 0.29) is 25.5 Å². The molecule has 1 aliphatic rings. The van der Waals surface area contributed by atoms with Crippen molar-refractivity contribution in [3.63, 3.8) is 0 Å². The lowest BCUT2D eigenvalue weighted by atomic mass is 10.1. The van der Waals surface area contributed by atoms with Crippen molar-refractivity contribution in [1.82, 2.24) is 20.5 Å². The van der Waals surface area contributed by atoms with E-state index in [0.717, 1.165) is 4.88 Å². The van der Waals surface area contributed by atoms with Crippen molar-refractivity contribution in [2.75, 3.05) is 18.0 Å². The predicted molar refractivity (Wildman–Crippen MR) is 94.5 cm³/mol. The van der Waals surface area contributed by atoms with E-state index in [2.05, 4.69) is 20.5 Å². The van der Waals surface area contributed by atoms with Crippen LogP contribution in [0, 0.1) is 0 Å². The van der Waals surface area contributed by atoms with E-state index in [4.69, 9.17) is 0 Å². The number of thiophene rings is 1. The average Bonchev–Trinajstić information content (AvgIpc) is 3.28. The maximum absolute atomic E-state index is 13.1.